The molecule has 1 amide bonds. The van der Waals surface area contributed by atoms with E-state index in [1.807, 2.05) is 12.1 Å². The number of para-hydroxylation sites is 2. The Bertz CT molecular complexity index is 1010. The molecule has 1 N–H and O–H groups in total. The molecule has 2 aromatic heterocycles. The maximum Gasteiger partial charge on any atom is 0.331 e. The van der Waals surface area contributed by atoms with Crippen LogP contribution in [0.5, 0.6) is 5.75 Å². The first kappa shape index (κ1) is 18.5. The van der Waals surface area contributed by atoms with Crippen molar-refractivity contribution in [3.05, 3.63) is 65.6 Å². The van der Waals surface area contributed by atoms with Crippen molar-refractivity contribution in [2.24, 2.45) is 0 Å². The molecule has 7 nitrogen and oxygen atoms in total. The zero-order valence-corrected chi connectivity index (χ0v) is 15.1. The van der Waals surface area contributed by atoms with Crippen LogP contribution in [0.1, 0.15) is 5.69 Å². The maximum atomic E-state index is 11.9. The van der Waals surface area contributed by atoms with Crippen molar-refractivity contribution < 1.29 is 19.1 Å². The number of hydrogen-bond donors (Lipinski definition) is 1. The number of ether oxygens (including phenoxy) is 2. The molecule has 0 aliphatic heterocycles. The number of methoxy groups -OCH3 is 1. The highest BCUT2D eigenvalue weighted by atomic mass is 35.5. The van der Waals surface area contributed by atoms with Gasteiger partial charge in [0.05, 0.1) is 18.5 Å². The summed E-state index contributed by atoms with van der Waals surface area (Å²) >= 11 is 6.09. The van der Waals surface area contributed by atoms with E-state index in [1.165, 1.54) is 19.3 Å². The van der Waals surface area contributed by atoms with Crippen LogP contribution < -0.4 is 10.1 Å². The molecule has 0 radical (unpaired) electrons. The number of hydrogen-bond acceptors (Lipinski definition) is 5. The minimum atomic E-state index is -0.674. The summed E-state index contributed by atoms with van der Waals surface area (Å²) in [5.41, 5.74) is 1.70. The van der Waals surface area contributed by atoms with Gasteiger partial charge < -0.3 is 14.8 Å². The number of anilines is 1. The van der Waals surface area contributed by atoms with Crippen LogP contribution in [0, 0.1) is 0 Å². The third-order valence-corrected chi connectivity index (χ3v) is 3.90. The van der Waals surface area contributed by atoms with Gasteiger partial charge in [0.15, 0.2) is 11.8 Å². The Kier molecular flexibility index (Phi) is 5.73. The molecule has 0 aliphatic rings. The van der Waals surface area contributed by atoms with Crippen molar-refractivity contribution in [2.75, 3.05) is 19.0 Å². The Hall–Kier alpha value is -3.32. The number of benzene rings is 1. The lowest BCUT2D eigenvalue weighted by molar-refractivity contribution is -0.142. The Morgan fingerprint density at radius 3 is 2.81 bits per heavy atom. The molecule has 27 heavy (non-hydrogen) atoms. The molecular formula is C19H16ClN3O4. The molecule has 1 aromatic carbocycles. The maximum absolute atomic E-state index is 11.9. The van der Waals surface area contributed by atoms with Crippen molar-refractivity contribution in [2.45, 2.75) is 0 Å². The minimum absolute atomic E-state index is 0.263. The van der Waals surface area contributed by atoms with E-state index in [2.05, 4.69) is 10.3 Å². The predicted molar refractivity (Wildman–Crippen MR) is 102 cm³/mol. The Morgan fingerprint density at radius 2 is 2.00 bits per heavy atom. The van der Waals surface area contributed by atoms with Crippen LogP contribution in [0.25, 0.3) is 11.7 Å². The van der Waals surface area contributed by atoms with E-state index in [4.69, 9.17) is 21.1 Å². The number of esters is 1. The fourth-order valence-corrected chi connectivity index (χ4v) is 2.64. The number of carbonyl (C=O) groups is 2. The number of pyridine rings is 1. The van der Waals surface area contributed by atoms with Crippen molar-refractivity contribution in [3.8, 4) is 5.75 Å². The number of carbonyl (C=O) groups excluding carboxylic acids is 2. The van der Waals surface area contributed by atoms with Gasteiger partial charge in [0.1, 0.15) is 11.4 Å². The Morgan fingerprint density at radius 1 is 1.22 bits per heavy atom. The molecule has 0 atom stereocenters. The van der Waals surface area contributed by atoms with Crippen LogP contribution in [0.15, 0.2) is 54.7 Å². The molecule has 0 aliphatic carbocycles. The summed E-state index contributed by atoms with van der Waals surface area (Å²) in [6.07, 6.45) is 4.46. The zero-order chi connectivity index (χ0) is 19.2. The van der Waals surface area contributed by atoms with E-state index in [0.29, 0.717) is 22.8 Å². The van der Waals surface area contributed by atoms with E-state index < -0.39 is 18.5 Å². The fraction of sp³-hybridized carbons (Fsp3) is 0.105. The number of amides is 1. The molecule has 3 rings (SSSR count). The van der Waals surface area contributed by atoms with E-state index in [-0.39, 0.29) is 5.15 Å². The highest BCUT2D eigenvalue weighted by Gasteiger charge is 2.10. The second-order valence-corrected chi connectivity index (χ2v) is 5.76. The third-order valence-electron chi connectivity index (χ3n) is 3.63. The SMILES string of the molecule is COc1ccccc1NC(=O)COC(=O)/C=C/c1c(Cl)nc2ccccn12. The molecule has 2 heterocycles. The van der Waals surface area contributed by atoms with E-state index >= 15 is 0 Å². The second kappa shape index (κ2) is 8.37. The fourth-order valence-electron chi connectivity index (χ4n) is 2.40. The van der Waals surface area contributed by atoms with Gasteiger partial charge in [0, 0.05) is 12.3 Å². The van der Waals surface area contributed by atoms with Crippen LogP contribution >= 0.6 is 11.6 Å². The molecule has 138 valence electrons. The zero-order valence-electron chi connectivity index (χ0n) is 14.4. The number of halogens is 1. The van der Waals surface area contributed by atoms with E-state index in [1.54, 1.807) is 40.9 Å². The van der Waals surface area contributed by atoms with Gasteiger partial charge in [-0.1, -0.05) is 29.8 Å². The van der Waals surface area contributed by atoms with Crippen LogP contribution in [-0.4, -0.2) is 35.0 Å². The number of rotatable bonds is 6. The van der Waals surface area contributed by atoms with Gasteiger partial charge >= 0.3 is 5.97 Å². The summed E-state index contributed by atoms with van der Waals surface area (Å²) in [5.74, 6) is -0.638. The number of nitrogens with one attached hydrogen (secondary N) is 1. The highest BCUT2D eigenvalue weighted by Crippen LogP contribution is 2.22. The van der Waals surface area contributed by atoms with Crippen LogP contribution in [0.4, 0.5) is 5.69 Å². The van der Waals surface area contributed by atoms with Gasteiger partial charge in [-0.2, -0.15) is 0 Å². The molecule has 0 fully saturated rings. The van der Waals surface area contributed by atoms with Gasteiger partial charge in [0.2, 0.25) is 0 Å². The summed E-state index contributed by atoms with van der Waals surface area (Å²) in [5, 5.41) is 2.88. The van der Waals surface area contributed by atoms with Crippen LogP contribution in [0.2, 0.25) is 5.15 Å². The first-order chi connectivity index (χ1) is 13.1. The molecule has 3 aromatic rings. The summed E-state index contributed by atoms with van der Waals surface area (Å²) in [6, 6.07) is 12.4. The summed E-state index contributed by atoms with van der Waals surface area (Å²) < 4.78 is 11.8. The molecular weight excluding hydrogens is 370 g/mol. The normalized spacial score (nSPS) is 10.9. The average molecular weight is 386 g/mol. The van der Waals surface area contributed by atoms with Crippen LogP contribution in [-0.2, 0) is 14.3 Å². The molecule has 0 unspecified atom stereocenters. The molecule has 0 bridgehead atoms. The van der Waals surface area contributed by atoms with Gasteiger partial charge in [0.25, 0.3) is 5.91 Å². The Labute approximate surface area is 160 Å². The second-order valence-electron chi connectivity index (χ2n) is 5.41. The molecule has 0 saturated heterocycles. The highest BCUT2D eigenvalue weighted by molar-refractivity contribution is 6.31. The lowest BCUT2D eigenvalue weighted by Crippen LogP contribution is -2.20. The average Bonchev–Trinajstić information content (AvgIpc) is 3.00. The molecule has 8 heteroatoms. The smallest absolute Gasteiger partial charge is 0.331 e. The van der Waals surface area contributed by atoms with Crippen LogP contribution in [0.3, 0.4) is 0 Å². The molecule has 0 saturated carbocycles. The monoisotopic (exact) mass is 385 g/mol. The van der Waals surface area contributed by atoms with E-state index in [0.717, 1.165) is 0 Å². The standard InChI is InChI=1S/C19H16ClN3O4/c1-26-15-7-3-2-6-13(15)21-17(24)12-27-18(25)10-9-14-19(20)22-16-8-4-5-11-23(14)16/h2-11H,12H2,1H3,(H,21,24)/b10-9+. The summed E-state index contributed by atoms with van der Waals surface area (Å²) in [6.45, 7) is -0.428. The third kappa shape index (κ3) is 4.45. The first-order valence-electron chi connectivity index (χ1n) is 7.99. The van der Waals surface area contributed by atoms with Gasteiger partial charge in [-0.15, -0.1) is 0 Å². The van der Waals surface area contributed by atoms with Crippen molar-refractivity contribution in [1.29, 1.82) is 0 Å². The first-order valence-corrected chi connectivity index (χ1v) is 8.36. The molecule has 0 spiro atoms. The summed E-state index contributed by atoms with van der Waals surface area (Å²) in [4.78, 5) is 28.0. The number of aromatic nitrogens is 2. The number of fused-ring (bicyclic) bond motifs is 1. The van der Waals surface area contributed by atoms with Crippen molar-refractivity contribution in [3.63, 3.8) is 0 Å². The Balaban J connectivity index is 1.58. The minimum Gasteiger partial charge on any atom is -0.495 e. The topological polar surface area (TPSA) is 81.9 Å². The lowest BCUT2D eigenvalue weighted by atomic mass is 10.3. The van der Waals surface area contributed by atoms with Gasteiger partial charge in [-0.05, 0) is 30.3 Å². The van der Waals surface area contributed by atoms with Gasteiger partial charge in [-0.3, -0.25) is 9.20 Å². The predicted octanol–water partition coefficient (Wildman–Crippen LogP) is 3.19. The quantitative estimate of drug-likeness (QED) is 0.520. The summed E-state index contributed by atoms with van der Waals surface area (Å²) in [7, 11) is 1.50. The number of imidazole rings is 1. The van der Waals surface area contributed by atoms with Gasteiger partial charge in [-0.25, -0.2) is 9.78 Å². The largest absolute Gasteiger partial charge is 0.495 e. The van der Waals surface area contributed by atoms with Crippen molar-refractivity contribution >= 4 is 40.9 Å². The van der Waals surface area contributed by atoms with Crippen molar-refractivity contribution in [1.82, 2.24) is 9.38 Å². The number of nitrogens with zero attached hydrogens (tertiary/aromatic N) is 2. The lowest BCUT2D eigenvalue weighted by Gasteiger charge is -2.09. The van der Waals surface area contributed by atoms with E-state index in [9.17, 15) is 9.59 Å².